The summed E-state index contributed by atoms with van der Waals surface area (Å²) in [6, 6.07) is 8.71. The lowest BCUT2D eigenvalue weighted by Crippen LogP contribution is -2.10. The van der Waals surface area contributed by atoms with Crippen molar-refractivity contribution in [2.24, 2.45) is 11.7 Å². The Morgan fingerprint density at radius 2 is 2.06 bits per heavy atom. The third-order valence-corrected chi connectivity index (χ3v) is 4.81. The van der Waals surface area contributed by atoms with Crippen LogP contribution in [0, 0.1) is 11.7 Å². The van der Waals surface area contributed by atoms with Crippen molar-refractivity contribution in [1.29, 1.82) is 0 Å². The van der Waals surface area contributed by atoms with Crippen LogP contribution in [0.25, 0.3) is 10.4 Å². The summed E-state index contributed by atoms with van der Waals surface area (Å²) < 4.78 is 13.0. The summed E-state index contributed by atoms with van der Waals surface area (Å²) >= 11 is 7.71. The molecule has 0 amide bonds. The first-order valence-electron chi connectivity index (χ1n) is 5.96. The minimum atomic E-state index is -0.310. The van der Waals surface area contributed by atoms with Gasteiger partial charge in [-0.2, -0.15) is 0 Å². The van der Waals surface area contributed by atoms with E-state index in [0.717, 1.165) is 10.4 Å². The molecule has 1 aliphatic carbocycles. The van der Waals surface area contributed by atoms with E-state index >= 15 is 0 Å². The van der Waals surface area contributed by atoms with E-state index < -0.39 is 0 Å². The summed E-state index contributed by atoms with van der Waals surface area (Å²) in [6.07, 6.45) is 2.46. The summed E-state index contributed by atoms with van der Waals surface area (Å²) in [4.78, 5) is 2.24. The van der Waals surface area contributed by atoms with Crippen molar-refractivity contribution < 1.29 is 4.39 Å². The molecule has 1 aliphatic rings. The van der Waals surface area contributed by atoms with Crippen LogP contribution in [0.2, 0.25) is 5.02 Å². The second-order valence-electron chi connectivity index (χ2n) is 4.69. The number of nitrogens with two attached hydrogens (primary N) is 1. The maximum absolute atomic E-state index is 13.0. The van der Waals surface area contributed by atoms with Crippen LogP contribution in [0.4, 0.5) is 4.39 Å². The molecule has 0 aliphatic heterocycles. The van der Waals surface area contributed by atoms with E-state index in [0.29, 0.717) is 10.9 Å². The van der Waals surface area contributed by atoms with Gasteiger partial charge in [-0.25, -0.2) is 4.39 Å². The summed E-state index contributed by atoms with van der Waals surface area (Å²) in [5.74, 6) is 0.329. The van der Waals surface area contributed by atoms with E-state index in [-0.39, 0.29) is 11.9 Å². The molecule has 94 valence electrons. The molecule has 2 aromatic rings. The van der Waals surface area contributed by atoms with Crippen LogP contribution in [0.5, 0.6) is 0 Å². The monoisotopic (exact) mass is 281 g/mol. The number of thiophene rings is 1. The van der Waals surface area contributed by atoms with Gasteiger partial charge in [0.1, 0.15) is 5.82 Å². The third kappa shape index (κ3) is 2.30. The van der Waals surface area contributed by atoms with E-state index in [1.54, 1.807) is 17.4 Å². The maximum atomic E-state index is 13.0. The molecular formula is C14H13ClFNS. The normalized spacial score (nSPS) is 16.8. The smallest absolute Gasteiger partial charge is 0.124 e. The predicted molar refractivity (Wildman–Crippen MR) is 74.4 cm³/mol. The first-order valence-corrected chi connectivity index (χ1v) is 7.15. The van der Waals surface area contributed by atoms with Crippen LogP contribution in [0.15, 0.2) is 30.3 Å². The molecule has 1 aromatic carbocycles. The Labute approximate surface area is 114 Å². The van der Waals surface area contributed by atoms with Gasteiger partial charge in [0.15, 0.2) is 0 Å². The highest BCUT2D eigenvalue weighted by Crippen LogP contribution is 2.43. The average molecular weight is 282 g/mol. The van der Waals surface area contributed by atoms with Gasteiger partial charge in [-0.3, -0.25) is 0 Å². The zero-order valence-electron chi connectivity index (χ0n) is 9.70. The van der Waals surface area contributed by atoms with Crippen LogP contribution in [-0.4, -0.2) is 0 Å². The average Bonchev–Trinajstić information content (AvgIpc) is 3.07. The lowest BCUT2D eigenvalue weighted by molar-refractivity contribution is 0.628. The number of hydrogen-bond acceptors (Lipinski definition) is 2. The van der Waals surface area contributed by atoms with Crippen molar-refractivity contribution in [3.05, 3.63) is 46.0 Å². The van der Waals surface area contributed by atoms with Crippen molar-refractivity contribution in [2.75, 3.05) is 0 Å². The Morgan fingerprint density at radius 3 is 2.72 bits per heavy atom. The van der Waals surface area contributed by atoms with Crippen LogP contribution >= 0.6 is 22.9 Å². The summed E-state index contributed by atoms with van der Waals surface area (Å²) in [6.45, 7) is 0. The summed E-state index contributed by atoms with van der Waals surface area (Å²) in [7, 11) is 0. The Bertz CT molecular complexity index is 577. The standard InChI is InChI=1S/C14H13ClFNS/c15-11-7-9(16)3-4-10(11)12-5-6-13(18-12)14(17)8-1-2-8/h3-8,14H,1-2,17H2. The molecule has 3 rings (SSSR count). The van der Waals surface area contributed by atoms with E-state index in [1.165, 1.54) is 29.9 Å². The molecule has 1 heterocycles. The highest BCUT2D eigenvalue weighted by molar-refractivity contribution is 7.15. The minimum absolute atomic E-state index is 0.142. The zero-order chi connectivity index (χ0) is 12.7. The molecule has 0 radical (unpaired) electrons. The predicted octanol–water partition coefficient (Wildman–Crippen LogP) is 4.62. The summed E-state index contributed by atoms with van der Waals surface area (Å²) in [5.41, 5.74) is 7.04. The van der Waals surface area contributed by atoms with E-state index in [4.69, 9.17) is 17.3 Å². The molecule has 0 bridgehead atoms. The van der Waals surface area contributed by atoms with Crippen LogP contribution in [0.3, 0.4) is 0 Å². The molecular weight excluding hydrogens is 269 g/mol. The van der Waals surface area contributed by atoms with Crippen molar-refractivity contribution in [1.82, 2.24) is 0 Å². The van der Waals surface area contributed by atoms with Crippen molar-refractivity contribution >= 4 is 22.9 Å². The Kier molecular flexibility index (Phi) is 3.14. The highest BCUT2D eigenvalue weighted by Gasteiger charge is 2.30. The maximum Gasteiger partial charge on any atom is 0.124 e. The zero-order valence-corrected chi connectivity index (χ0v) is 11.3. The van der Waals surface area contributed by atoms with Gasteiger partial charge in [0, 0.05) is 21.4 Å². The van der Waals surface area contributed by atoms with Crippen molar-refractivity contribution in [2.45, 2.75) is 18.9 Å². The third-order valence-electron chi connectivity index (χ3n) is 3.28. The molecule has 0 saturated heterocycles. The van der Waals surface area contributed by atoms with Crippen LogP contribution < -0.4 is 5.73 Å². The fourth-order valence-corrected chi connectivity index (χ4v) is 3.52. The lowest BCUT2D eigenvalue weighted by atomic mass is 10.1. The van der Waals surface area contributed by atoms with Crippen molar-refractivity contribution in [3.63, 3.8) is 0 Å². The van der Waals surface area contributed by atoms with Gasteiger partial charge in [-0.15, -0.1) is 11.3 Å². The molecule has 1 unspecified atom stereocenters. The fourth-order valence-electron chi connectivity index (χ4n) is 2.05. The van der Waals surface area contributed by atoms with Crippen LogP contribution in [0.1, 0.15) is 23.8 Å². The van der Waals surface area contributed by atoms with Gasteiger partial charge in [-0.1, -0.05) is 11.6 Å². The molecule has 1 atom stereocenters. The van der Waals surface area contributed by atoms with E-state index in [1.807, 2.05) is 6.07 Å². The first-order chi connectivity index (χ1) is 8.65. The van der Waals surface area contributed by atoms with Gasteiger partial charge < -0.3 is 5.73 Å². The molecule has 1 fully saturated rings. The van der Waals surface area contributed by atoms with Crippen molar-refractivity contribution in [3.8, 4) is 10.4 Å². The SMILES string of the molecule is NC(c1ccc(-c2ccc(F)cc2Cl)s1)C1CC1. The van der Waals surface area contributed by atoms with Gasteiger partial charge in [0.25, 0.3) is 0 Å². The second kappa shape index (κ2) is 4.65. The topological polar surface area (TPSA) is 26.0 Å². The molecule has 2 N–H and O–H groups in total. The largest absolute Gasteiger partial charge is 0.323 e. The molecule has 1 aromatic heterocycles. The van der Waals surface area contributed by atoms with Gasteiger partial charge in [-0.05, 0) is 49.1 Å². The molecule has 18 heavy (non-hydrogen) atoms. The van der Waals surface area contributed by atoms with Gasteiger partial charge in [0.2, 0.25) is 0 Å². The lowest BCUT2D eigenvalue weighted by Gasteiger charge is -2.06. The van der Waals surface area contributed by atoms with E-state index in [9.17, 15) is 4.39 Å². The number of rotatable bonds is 3. The van der Waals surface area contributed by atoms with E-state index in [2.05, 4.69) is 6.07 Å². The Balaban J connectivity index is 1.92. The molecule has 0 spiro atoms. The molecule has 1 saturated carbocycles. The van der Waals surface area contributed by atoms with Gasteiger partial charge >= 0.3 is 0 Å². The number of benzene rings is 1. The molecule has 1 nitrogen and oxygen atoms in total. The number of hydrogen-bond donors (Lipinski definition) is 1. The fraction of sp³-hybridized carbons (Fsp3) is 0.286. The first kappa shape index (κ1) is 12.2. The molecule has 4 heteroatoms. The highest BCUT2D eigenvalue weighted by atomic mass is 35.5. The summed E-state index contributed by atoms with van der Waals surface area (Å²) in [5, 5.41) is 0.448. The Morgan fingerprint density at radius 1 is 1.28 bits per heavy atom. The van der Waals surface area contributed by atoms with Crippen LogP contribution in [-0.2, 0) is 0 Å². The Hall–Kier alpha value is -0.900. The minimum Gasteiger partial charge on any atom is -0.323 e. The van der Waals surface area contributed by atoms with Gasteiger partial charge in [0.05, 0.1) is 5.02 Å². The quantitative estimate of drug-likeness (QED) is 0.873. The number of halogens is 2. The second-order valence-corrected chi connectivity index (χ2v) is 6.21.